The zero-order valence-corrected chi connectivity index (χ0v) is 13.8. The van der Waals surface area contributed by atoms with E-state index in [1.54, 1.807) is 48.9 Å². The smallest absolute Gasteiger partial charge is 0.241 e. The summed E-state index contributed by atoms with van der Waals surface area (Å²) in [7, 11) is -2.14. The van der Waals surface area contributed by atoms with Gasteiger partial charge in [0.05, 0.1) is 18.3 Å². The molecule has 0 aliphatic rings. The average molecular weight is 344 g/mol. The molecule has 0 amide bonds. The van der Waals surface area contributed by atoms with Gasteiger partial charge in [-0.1, -0.05) is 6.07 Å². The molecular formula is C17H16N2O4S. The van der Waals surface area contributed by atoms with Gasteiger partial charge in [0, 0.05) is 18.8 Å². The maximum atomic E-state index is 12.4. The summed E-state index contributed by atoms with van der Waals surface area (Å²) >= 11 is 0. The first-order valence-electron chi connectivity index (χ1n) is 7.21. The quantitative estimate of drug-likeness (QED) is 0.743. The van der Waals surface area contributed by atoms with Crippen molar-refractivity contribution in [2.24, 2.45) is 0 Å². The number of furan rings is 1. The Morgan fingerprint density at radius 3 is 2.79 bits per heavy atom. The van der Waals surface area contributed by atoms with E-state index in [4.69, 9.17) is 9.15 Å². The molecule has 0 aliphatic heterocycles. The van der Waals surface area contributed by atoms with Gasteiger partial charge in [-0.25, -0.2) is 13.1 Å². The van der Waals surface area contributed by atoms with Crippen LogP contribution in [0.15, 0.2) is 70.3 Å². The Morgan fingerprint density at radius 1 is 1.17 bits per heavy atom. The third-order valence-electron chi connectivity index (χ3n) is 3.42. The molecule has 2 aromatic heterocycles. The Labute approximate surface area is 140 Å². The molecule has 6 nitrogen and oxygen atoms in total. The fraction of sp³-hybridized carbons (Fsp3) is 0.118. The van der Waals surface area contributed by atoms with Gasteiger partial charge in [-0.2, -0.15) is 0 Å². The van der Waals surface area contributed by atoms with Crippen LogP contribution in [0.2, 0.25) is 0 Å². The summed E-state index contributed by atoms with van der Waals surface area (Å²) < 4.78 is 37.7. The molecule has 124 valence electrons. The lowest BCUT2D eigenvalue weighted by atomic mass is 10.2. The van der Waals surface area contributed by atoms with Crippen LogP contribution in [0.25, 0.3) is 11.5 Å². The minimum Gasteiger partial charge on any atom is -0.497 e. The molecule has 1 aromatic carbocycles. The van der Waals surface area contributed by atoms with Crippen LogP contribution in [0.4, 0.5) is 0 Å². The lowest BCUT2D eigenvalue weighted by Crippen LogP contribution is -2.23. The highest BCUT2D eigenvalue weighted by atomic mass is 32.2. The van der Waals surface area contributed by atoms with Crippen LogP contribution in [0.3, 0.4) is 0 Å². The van der Waals surface area contributed by atoms with E-state index in [-0.39, 0.29) is 11.4 Å². The predicted molar refractivity (Wildman–Crippen MR) is 89.0 cm³/mol. The first-order valence-corrected chi connectivity index (χ1v) is 8.69. The second kappa shape index (κ2) is 6.86. The minimum atomic E-state index is -3.63. The molecule has 0 aliphatic carbocycles. The molecule has 0 unspecified atom stereocenters. The van der Waals surface area contributed by atoms with Crippen LogP contribution in [-0.2, 0) is 16.6 Å². The summed E-state index contributed by atoms with van der Waals surface area (Å²) in [5, 5.41) is 0. The molecule has 1 N–H and O–H groups in total. The van der Waals surface area contributed by atoms with Crippen molar-refractivity contribution >= 4 is 10.0 Å². The van der Waals surface area contributed by atoms with Crippen molar-refractivity contribution in [1.82, 2.24) is 9.71 Å². The molecule has 0 bridgehead atoms. The topological polar surface area (TPSA) is 81.4 Å². The van der Waals surface area contributed by atoms with Gasteiger partial charge in [0.2, 0.25) is 10.0 Å². The van der Waals surface area contributed by atoms with Crippen LogP contribution < -0.4 is 9.46 Å². The first-order chi connectivity index (χ1) is 11.6. The number of ether oxygens (including phenoxy) is 1. The molecule has 0 saturated heterocycles. The SMILES string of the molecule is COc1cccc(S(=O)(=O)NCc2ccnc(-c3ccco3)c2)c1. The van der Waals surface area contributed by atoms with Crippen molar-refractivity contribution in [3.8, 4) is 17.2 Å². The van der Waals surface area contributed by atoms with Crippen LogP contribution >= 0.6 is 0 Å². The number of nitrogens with zero attached hydrogens (tertiary/aromatic N) is 1. The standard InChI is InChI=1S/C17H16N2O4S/c1-22-14-4-2-5-15(11-14)24(20,21)19-12-13-7-8-18-16(10-13)17-6-3-9-23-17/h2-11,19H,12H2,1H3. The van der Waals surface area contributed by atoms with E-state index in [2.05, 4.69) is 9.71 Å². The summed E-state index contributed by atoms with van der Waals surface area (Å²) in [6, 6.07) is 13.4. The number of methoxy groups -OCH3 is 1. The van der Waals surface area contributed by atoms with E-state index in [9.17, 15) is 8.42 Å². The van der Waals surface area contributed by atoms with Gasteiger partial charge in [0.25, 0.3) is 0 Å². The van der Waals surface area contributed by atoms with Gasteiger partial charge < -0.3 is 9.15 Å². The molecule has 7 heteroatoms. The van der Waals surface area contributed by atoms with E-state index < -0.39 is 10.0 Å². The number of benzene rings is 1. The Morgan fingerprint density at radius 2 is 2.04 bits per heavy atom. The van der Waals surface area contributed by atoms with Crippen molar-refractivity contribution < 1.29 is 17.6 Å². The molecule has 24 heavy (non-hydrogen) atoms. The van der Waals surface area contributed by atoms with Crippen molar-refractivity contribution in [2.75, 3.05) is 7.11 Å². The number of rotatable bonds is 6. The molecule has 0 atom stereocenters. The summed E-state index contributed by atoms with van der Waals surface area (Å²) in [4.78, 5) is 4.37. The molecule has 0 saturated carbocycles. The predicted octanol–water partition coefficient (Wildman–Crippen LogP) is 2.83. The number of nitrogens with one attached hydrogen (secondary N) is 1. The third kappa shape index (κ3) is 3.64. The summed E-state index contributed by atoms with van der Waals surface area (Å²) in [5.74, 6) is 1.12. The summed E-state index contributed by atoms with van der Waals surface area (Å²) in [6.07, 6.45) is 3.18. The third-order valence-corrected chi connectivity index (χ3v) is 4.81. The highest BCUT2D eigenvalue weighted by Crippen LogP contribution is 2.19. The Balaban J connectivity index is 1.76. The highest BCUT2D eigenvalue weighted by Gasteiger charge is 2.14. The van der Waals surface area contributed by atoms with Crippen LogP contribution in [0.1, 0.15) is 5.56 Å². The molecule has 3 rings (SSSR count). The molecule has 3 aromatic rings. The highest BCUT2D eigenvalue weighted by molar-refractivity contribution is 7.89. The lowest BCUT2D eigenvalue weighted by molar-refractivity contribution is 0.413. The zero-order chi connectivity index (χ0) is 17.0. The maximum Gasteiger partial charge on any atom is 0.241 e. The minimum absolute atomic E-state index is 0.149. The first kappa shape index (κ1) is 16.2. The number of aromatic nitrogens is 1. The van der Waals surface area contributed by atoms with Gasteiger partial charge in [0.15, 0.2) is 5.76 Å². The second-order valence-electron chi connectivity index (χ2n) is 5.03. The summed E-state index contributed by atoms with van der Waals surface area (Å²) in [6.45, 7) is 0.149. The molecule has 0 radical (unpaired) electrons. The fourth-order valence-corrected chi connectivity index (χ4v) is 3.23. The molecule has 0 fully saturated rings. The largest absolute Gasteiger partial charge is 0.497 e. The number of pyridine rings is 1. The fourth-order valence-electron chi connectivity index (χ4n) is 2.17. The van der Waals surface area contributed by atoms with Gasteiger partial charge in [-0.05, 0) is 42.0 Å². The van der Waals surface area contributed by atoms with Crippen LogP contribution in [-0.4, -0.2) is 20.5 Å². The van der Waals surface area contributed by atoms with Gasteiger partial charge in [-0.15, -0.1) is 0 Å². The van der Waals surface area contributed by atoms with E-state index in [0.29, 0.717) is 17.2 Å². The number of hydrogen-bond acceptors (Lipinski definition) is 5. The van der Waals surface area contributed by atoms with Crippen molar-refractivity contribution in [3.05, 3.63) is 66.6 Å². The van der Waals surface area contributed by atoms with E-state index >= 15 is 0 Å². The number of hydrogen-bond donors (Lipinski definition) is 1. The van der Waals surface area contributed by atoms with Crippen molar-refractivity contribution in [2.45, 2.75) is 11.4 Å². The second-order valence-corrected chi connectivity index (χ2v) is 6.80. The van der Waals surface area contributed by atoms with Gasteiger partial charge in [-0.3, -0.25) is 4.98 Å². The van der Waals surface area contributed by atoms with Gasteiger partial charge in [0.1, 0.15) is 11.4 Å². The van der Waals surface area contributed by atoms with Crippen LogP contribution in [0, 0.1) is 0 Å². The monoisotopic (exact) mass is 344 g/mol. The summed E-state index contributed by atoms with van der Waals surface area (Å²) in [5.41, 5.74) is 1.43. The molecule has 2 heterocycles. The maximum absolute atomic E-state index is 12.4. The van der Waals surface area contributed by atoms with E-state index in [1.165, 1.54) is 19.2 Å². The van der Waals surface area contributed by atoms with Crippen molar-refractivity contribution in [1.29, 1.82) is 0 Å². The van der Waals surface area contributed by atoms with Crippen LogP contribution in [0.5, 0.6) is 5.75 Å². The Hall–Kier alpha value is -2.64. The Bertz CT molecular complexity index is 921. The van der Waals surface area contributed by atoms with Gasteiger partial charge >= 0.3 is 0 Å². The van der Waals surface area contributed by atoms with E-state index in [1.807, 2.05) is 0 Å². The zero-order valence-electron chi connectivity index (χ0n) is 13.0. The normalized spacial score (nSPS) is 11.4. The lowest BCUT2D eigenvalue weighted by Gasteiger charge is -2.08. The molecule has 0 spiro atoms. The number of sulfonamides is 1. The van der Waals surface area contributed by atoms with E-state index in [0.717, 1.165) is 5.56 Å². The molecular weight excluding hydrogens is 328 g/mol. The Kier molecular flexibility index (Phi) is 4.64. The average Bonchev–Trinajstić information content (AvgIpc) is 3.15. The van der Waals surface area contributed by atoms with Crippen molar-refractivity contribution in [3.63, 3.8) is 0 Å².